The van der Waals surface area contributed by atoms with E-state index in [1.54, 1.807) is 0 Å². The molecule has 1 saturated carbocycles. The van der Waals surface area contributed by atoms with Gasteiger partial charge < -0.3 is 0 Å². The molecule has 0 amide bonds. The van der Waals surface area contributed by atoms with Crippen LogP contribution in [0.25, 0.3) is 0 Å². The molecule has 78 valence electrons. The van der Waals surface area contributed by atoms with Crippen LogP contribution in [0.1, 0.15) is 58.3 Å². The van der Waals surface area contributed by atoms with Crippen LogP contribution in [-0.4, -0.2) is 12.6 Å². The lowest BCUT2D eigenvalue weighted by molar-refractivity contribution is 0.332. The molecule has 1 rings (SSSR count). The second kappa shape index (κ2) is 7.34. The Morgan fingerprint density at radius 3 is 2.54 bits per heavy atom. The minimum Gasteiger partial charge on any atom is -0.258 e. The molecule has 0 bridgehead atoms. The summed E-state index contributed by atoms with van der Waals surface area (Å²) in [5.41, 5.74) is 6.77. The van der Waals surface area contributed by atoms with Crippen molar-refractivity contribution in [2.75, 3.05) is 6.54 Å². The van der Waals surface area contributed by atoms with Crippen molar-refractivity contribution in [3.63, 3.8) is 0 Å². The predicted octanol–water partition coefficient (Wildman–Crippen LogP) is 2.60. The van der Waals surface area contributed by atoms with E-state index >= 15 is 0 Å². The van der Waals surface area contributed by atoms with Gasteiger partial charge >= 0.3 is 0 Å². The first-order valence-electron chi connectivity index (χ1n) is 5.92. The molecule has 13 heavy (non-hydrogen) atoms. The summed E-state index contributed by atoms with van der Waals surface area (Å²) in [4.78, 5) is 0. The number of nitrogens with one attached hydrogen (secondary N) is 2. The maximum atomic E-state index is 3.43. The lowest BCUT2D eigenvalue weighted by Crippen LogP contribution is -2.42. The van der Waals surface area contributed by atoms with E-state index in [-0.39, 0.29) is 0 Å². The molecule has 0 saturated heterocycles. The lowest BCUT2D eigenvalue weighted by atomic mass is 9.96. The van der Waals surface area contributed by atoms with Crippen molar-refractivity contribution in [3.8, 4) is 0 Å². The summed E-state index contributed by atoms with van der Waals surface area (Å²) in [7, 11) is 0. The Balaban J connectivity index is 1.86. The van der Waals surface area contributed by atoms with Crippen LogP contribution in [-0.2, 0) is 0 Å². The number of hydrazine groups is 1. The molecule has 0 aromatic heterocycles. The molecule has 1 aliphatic rings. The summed E-state index contributed by atoms with van der Waals surface area (Å²) >= 11 is 0. The molecule has 0 aromatic carbocycles. The number of hydrogen-bond donors (Lipinski definition) is 2. The molecule has 0 spiro atoms. The molecule has 0 atom stereocenters. The normalized spacial score (nSPS) is 19.2. The Bertz CT molecular complexity index is 109. The van der Waals surface area contributed by atoms with Crippen LogP contribution in [0.15, 0.2) is 0 Å². The van der Waals surface area contributed by atoms with Crippen LogP contribution >= 0.6 is 0 Å². The van der Waals surface area contributed by atoms with Gasteiger partial charge in [0.05, 0.1) is 0 Å². The first-order valence-corrected chi connectivity index (χ1v) is 5.92. The van der Waals surface area contributed by atoms with Crippen molar-refractivity contribution in [3.05, 3.63) is 0 Å². The second-order valence-electron chi connectivity index (χ2n) is 4.11. The van der Waals surface area contributed by atoms with Crippen molar-refractivity contribution < 1.29 is 0 Å². The molecule has 0 radical (unpaired) electrons. The highest BCUT2D eigenvalue weighted by molar-refractivity contribution is 4.69. The Labute approximate surface area is 82.5 Å². The van der Waals surface area contributed by atoms with Gasteiger partial charge in [-0.1, -0.05) is 39.0 Å². The first-order chi connectivity index (χ1) is 6.43. The zero-order valence-electron chi connectivity index (χ0n) is 8.94. The van der Waals surface area contributed by atoms with E-state index in [2.05, 4.69) is 17.8 Å². The van der Waals surface area contributed by atoms with Crippen LogP contribution < -0.4 is 10.9 Å². The summed E-state index contributed by atoms with van der Waals surface area (Å²) in [6.07, 6.45) is 10.9. The van der Waals surface area contributed by atoms with Gasteiger partial charge in [0.2, 0.25) is 0 Å². The third-order valence-electron chi connectivity index (χ3n) is 2.82. The summed E-state index contributed by atoms with van der Waals surface area (Å²) in [5.74, 6) is 0. The third kappa shape index (κ3) is 5.27. The SMILES string of the molecule is CCCCCNNC1CCCCC1. The van der Waals surface area contributed by atoms with Gasteiger partial charge in [0.1, 0.15) is 0 Å². The van der Waals surface area contributed by atoms with Crippen molar-refractivity contribution in [2.45, 2.75) is 64.3 Å². The predicted molar refractivity (Wildman–Crippen MR) is 57.5 cm³/mol. The Kier molecular flexibility index (Phi) is 6.21. The average Bonchev–Trinajstić information content (AvgIpc) is 2.19. The van der Waals surface area contributed by atoms with E-state index in [0.29, 0.717) is 0 Å². The average molecular weight is 184 g/mol. The molecule has 1 aliphatic carbocycles. The van der Waals surface area contributed by atoms with Gasteiger partial charge in [-0.05, 0) is 19.3 Å². The van der Waals surface area contributed by atoms with E-state index < -0.39 is 0 Å². The molecule has 1 fully saturated rings. The van der Waals surface area contributed by atoms with Gasteiger partial charge in [-0.15, -0.1) is 0 Å². The highest BCUT2D eigenvalue weighted by Crippen LogP contribution is 2.16. The van der Waals surface area contributed by atoms with E-state index in [0.717, 1.165) is 12.6 Å². The van der Waals surface area contributed by atoms with Crippen LogP contribution in [0.5, 0.6) is 0 Å². The largest absolute Gasteiger partial charge is 0.258 e. The van der Waals surface area contributed by atoms with E-state index in [9.17, 15) is 0 Å². The standard InChI is InChI=1S/C11H24N2/c1-2-3-7-10-12-13-11-8-5-4-6-9-11/h11-13H,2-10H2,1H3. The Morgan fingerprint density at radius 1 is 1.08 bits per heavy atom. The van der Waals surface area contributed by atoms with Crippen molar-refractivity contribution in [2.24, 2.45) is 0 Å². The molecule has 0 heterocycles. The Hall–Kier alpha value is -0.0800. The van der Waals surface area contributed by atoms with Crippen LogP contribution in [0.4, 0.5) is 0 Å². The van der Waals surface area contributed by atoms with Crippen molar-refractivity contribution >= 4 is 0 Å². The molecular weight excluding hydrogens is 160 g/mol. The maximum absolute atomic E-state index is 3.43. The molecule has 0 aromatic rings. The van der Waals surface area contributed by atoms with Gasteiger partial charge in [0.25, 0.3) is 0 Å². The first kappa shape index (κ1) is 11.0. The van der Waals surface area contributed by atoms with Gasteiger partial charge in [-0.3, -0.25) is 10.9 Å². The highest BCUT2D eigenvalue weighted by Gasteiger charge is 2.11. The van der Waals surface area contributed by atoms with Crippen molar-refractivity contribution in [1.82, 2.24) is 10.9 Å². The quantitative estimate of drug-likeness (QED) is 0.490. The molecule has 0 aliphatic heterocycles. The summed E-state index contributed by atoms with van der Waals surface area (Å²) < 4.78 is 0. The zero-order valence-corrected chi connectivity index (χ0v) is 8.94. The molecule has 2 N–H and O–H groups in total. The number of rotatable bonds is 6. The number of hydrogen-bond acceptors (Lipinski definition) is 2. The van der Waals surface area contributed by atoms with Crippen LogP contribution in [0.3, 0.4) is 0 Å². The van der Waals surface area contributed by atoms with Crippen molar-refractivity contribution in [1.29, 1.82) is 0 Å². The fourth-order valence-electron chi connectivity index (χ4n) is 1.93. The summed E-state index contributed by atoms with van der Waals surface area (Å²) in [6.45, 7) is 3.37. The second-order valence-corrected chi connectivity index (χ2v) is 4.11. The lowest BCUT2D eigenvalue weighted by Gasteiger charge is -2.23. The minimum atomic E-state index is 0.746. The fraction of sp³-hybridized carbons (Fsp3) is 1.00. The van der Waals surface area contributed by atoms with Gasteiger partial charge in [-0.2, -0.15) is 0 Å². The van der Waals surface area contributed by atoms with Gasteiger partial charge in [0.15, 0.2) is 0 Å². The van der Waals surface area contributed by atoms with E-state index in [4.69, 9.17) is 0 Å². The molecule has 0 unspecified atom stereocenters. The van der Waals surface area contributed by atoms with Gasteiger partial charge in [-0.25, -0.2) is 0 Å². The maximum Gasteiger partial charge on any atom is 0.0212 e. The molecular formula is C11H24N2. The summed E-state index contributed by atoms with van der Waals surface area (Å²) in [6, 6.07) is 0.746. The molecule has 2 heteroatoms. The van der Waals surface area contributed by atoms with E-state index in [1.165, 1.54) is 51.4 Å². The zero-order chi connectivity index (χ0) is 9.36. The fourth-order valence-corrected chi connectivity index (χ4v) is 1.93. The summed E-state index contributed by atoms with van der Waals surface area (Å²) in [5, 5.41) is 0. The Morgan fingerprint density at radius 2 is 1.85 bits per heavy atom. The van der Waals surface area contributed by atoms with Crippen LogP contribution in [0.2, 0.25) is 0 Å². The van der Waals surface area contributed by atoms with Crippen LogP contribution in [0, 0.1) is 0 Å². The van der Waals surface area contributed by atoms with Gasteiger partial charge in [0, 0.05) is 12.6 Å². The minimum absolute atomic E-state index is 0.746. The van der Waals surface area contributed by atoms with E-state index in [1.807, 2.05) is 0 Å². The monoisotopic (exact) mass is 184 g/mol. The topological polar surface area (TPSA) is 24.1 Å². The highest BCUT2D eigenvalue weighted by atomic mass is 15.4. The third-order valence-corrected chi connectivity index (χ3v) is 2.82. The number of unbranched alkanes of at least 4 members (excludes halogenated alkanes) is 2. The smallest absolute Gasteiger partial charge is 0.0212 e. The molecule has 2 nitrogen and oxygen atoms in total.